The van der Waals surface area contributed by atoms with Gasteiger partial charge in [0.15, 0.2) is 5.76 Å². The lowest BCUT2D eigenvalue weighted by Gasteiger charge is -2.39. The second-order valence-electron chi connectivity index (χ2n) is 7.26. The molecule has 1 aliphatic rings. The van der Waals surface area contributed by atoms with Crippen LogP contribution >= 0.6 is 0 Å². The van der Waals surface area contributed by atoms with Gasteiger partial charge in [0.2, 0.25) is 17.5 Å². The summed E-state index contributed by atoms with van der Waals surface area (Å²) in [7, 11) is 0. The summed E-state index contributed by atoms with van der Waals surface area (Å²) in [5.41, 5.74) is -1.14. The van der Waals surface area contributed by atoms with Gasteiger partial charge in [0, 0.05) is 12.1 Å². The molecule has 1 aromatic heterocycles. The third kappa shape index (κ3) is 3.61. The number of para-hydroxylation sites is 1. The number of fused-ring (bicyclic) bond motifs is 1. The van der Waals surface area contributed by atoms with Gasteiger partial charge in [-0.15, -0.1) is 0 Å². The predicted molar refractivity (Wildman–Crippen MR) is 107 cm³/mol. The van der Waals surface area contributed by atoms with E-state index in [1.54, 1.807) is 0 Å². The van der Waals surface area contributed by atoms with Crippen molar-refractivity contribution in [1.29, 1.82) is 0 Å². The number of benzene rings is 2. The molecule has 0 saturated carbocycles. The van der Waals surface area contributed by atoms with Crippen LogP contribution in [-0.2, 0) is 4.74 Å². The van der Waals surface area contributed by atoms with E-state index in [1.807, 2.05) is 0 Å². The first-order chi connectivity index (χ1) is 15.2. The average molecular weight is 448 g/mol. The van der Waals surface area contributed by atoms with Crippen molar-refractivity contribution < 1.29 is 49.6 Å². The molecule has 2 aromatic carbocycles. The number of aromatic hydroxyl groups is 3. The standard InChI is InChI=1S/C21H20O11/c22-7-13-15(26)17(28)18(29)21(31-13)32-20-16(27)14-11(25)5-8(23)6-12(14)30-19(20)9-3-1-2-4-10(9)24/h1-6,13,15,17-18,21-26,28-29H,7H2/t13-,15-,17+,18-,21+/m1/s1. The maximum Gasteiger partial charge on any atom is 0.239 e. The highest BCUT2D eigenvalue weighted by Crippen LogP contribution is 2.39. The normalized spacial score (nSPS) is 25.7. The van der Waals surface area contributed by atoms with Gasteiger partial charge in [0.1, 0.15) is 52.6 Å². The Morgan fingerprint density at radius 2 is 1.66 bits per heavy atom. The zero-order valence-electron chi connectivity index (χ0n) is 16.3. The van der Waals surface area contributed by atoms with Gasteiger partial charge in [-0.1, -0.05) is 12.1 Å². The van der Waals surface area contributed by atoms with Gasteiger partial charge in [-0.3, -0.25) is 4.79 Å². The van der Waals surface area contributed by atoms with E-state index in [0.717, 1.165) is 12.1 Å². The van der Waals surface area contributed by atoms with Crippen LogP contribution in [0.4, 0.5) is 0 Å². The van der Waals surface area contributed by atoms with Crippen LogP contribution in [0.1, 0.15) is 0 Å². The van der Waals surface area contributed by atoms with E-state index in [0.29, 0.717) is 0 Å². The summed E-state index contributed by atoms with van der Waals surface area (Å²) in [4.78, 5) is 13.2. The van der Waals surface area contributed by atoms with Crippen molar-refractivity contribution in [2.45, 2.75) is 30.7 Å². The van der Waals surface area contributed by atoms with E-state index in [9.17, 15) is 40.5 Å². The van der Waals surface area contributed by atoms with Crippen LogP contribution in [0.25, 0.3) is 22.3 Å². The highest BCUT2D eigenvalue weighted by atomic mass is 16.7. The number of aliphatic hydroxyl groups is 4. The molecule has 1 aliphatic heterocycles. The quantitative estimate of drug-likeness (QED) is 0.279. The first kappa shape index (κ1) is 21.9. The Labute approximate surface area is 179 Å². The van der Waals surface area contributed by atoms with E-state index in [2.05, 4.69) is 0 Å². The van der Waals surface area contributed by atoms with Crippen LogP contribution in [-0.4, -0.2) is 73.1 Å². The zero-order valence-corrected chi connectivity index (χ0v) is 16.3. The van der Waals surface area contributed by atoms with Gasteiger partial charge in [0.25, 0.3) is 0 Å². The van der Waals surface area contributed by atoms with E-state index < -0.39 is 54.2 Å². The number of hydrogen-bond donors (Lipinski definition) is 7. The van der Waals surface area contributed by atoms with E-state index in [1.165, 1.54) is 24.3 Å². The van der Waals surface area contributed by atoms with Crippen LogP contribution in [0.5, 0.6) is 23.0 Å². The Hall–Kier alpha value is -3.35. The minimum Gasteiger partial charge on any atom is -0.508 e. The molecule has 0 aliphatic carbocycles. The molecule has 3 aromatic rings. The number of aliphatic hydroxyl groups excluding tert-OH is 4. The van der Waals surface area contributed by atoms with Crippen LogP contribution in [0, 0.1) is 0 Å². The Kier molecular flexibility index (Phi) is 5.67. The van der Waals surface area contributed by atoms with Crippen LogP contribution in [0.2, 0.25) is 0 Å². The number of hydrogen-bond acceptors (Lipinski definition) is 11. The van der Waals surface area contributed by atoms with Gasteiger partial charge in [0.05, 0.1) is 12.2 Å². The smallest absolute Gasteiger partial charge is 0.239 e. The Morgan fingerprint density at radius 3 is 2.34 bits per heavy atom. The molecule has 0 spiro atoms. The molecule has 32 heavy (non-hydrogen) atoms. The molecular formula is C21H20O11. The van der Waals surface area contributed by atoms with Crippen molar-refractivity contribution in [3.05, 3.63) is 46.6 Å². The minimum absolute atomic E-state index is 0.00826. The molecule has 2 heterocycles. The third-order valence-electron chi connectivity index (χ3n) is 5.15. The van der Waals surface area contributed by atoms with E-state index in [-0.39, 0.29) is 33.8 Å². The lowest BCUT2D eigenvalue weighted by molar-refractivity contribution is -0.277. The molecule has 1 fully saturated rings. The van der Waals surface area contributed by atoms with Crippen molar-refractivity contribution in [2.24, 2.45) is 0 Å². The second kappa shape index (κ2) is 8.30. The molecule has 170 valence electrons. The summed E-state index contributed by atoms with van der Waals surface area (Å²) in [5.74, 6) is -2.20. The van der Waals surface area contributed by atoms with Gasteiger partial charge in [-0.05, 0) is 12.1 Å². The molecule has 5 atom stereocenters. The zero-order chi connectivity index (χ0) is 23.2. The molecular weight excluding hydrogens is 428 g/mol. The number of phenols is 3. The average Bonchev–Trinajstić information content (AvgIpc) is 2.75. The molecule has 11 nitrogen and oxygen atoms in total. The summed E-state index contributed by atoms with van der Waals surface area (Å²) in [6.07, 6.45) is -8.27. The SMILES string of the molecule is O=c1c(O[C@@H]2O[C@H](CO)[C@@H](O)[C@H](O)[C@H]2O)c(-c2ccccc2O)oc2cc(O)cc(O)c12. The van der Waals surface area contributed by atoms with Crippen LogP contribution in [0.3, 0.4) is 0 Å². The largest absolute Gasteiger partial charge is 0.508 e. The molecule has 4 rings (SSSR count). The van der Waals surface area contributed by atoms with Crippen LogP contribution in [0.15, 0.2) is 45.6 Å². The van der Waals surface area contributed by atoms with Crippen molar-refractivity contribution in [3.8, 4) is 34.3 Å². The van der Waals surface area contributed by atoms with Crippen molar-refractivity contribution >= 4 is 11.0 Å². The maximum absolute atomic E-state index is 13.2. The number of rotatable bonds is 4. The number of phenolic OH excluding ortho intramolecular Hbond substituents is 3. The molecule has 1 saturated heterocycles. The van der Waals surface area contributed by atoms with Gasteiger partial charge in [-0.2, -0.15) is 0 Å². The highest BCUT2D eigenvalue weighted by Gasteiger charge is 2.45. The van der Waals surface area contributed by atoms with Gasteiger partial charge in [-0.25, -0.2) is 0 Å². The first-order valence-electron chi connectivity index (χ1n) is 9.51. The lowest BCUT2D eigenvalue weighted by atomic mass is 9.99. The fourth-order valence-electron chi connectivity index (χ4n) is 3.50. The minimum atomic E-state index is -1.83. The fourth-order valence-corrected chi connectivity index (χ4v) is 3.50. The van der Waals surface area contributed by atoms with Gasteiger partial charge >= 0.3 is 0 Å². The third-order valence-corrected chi connectivity index (χ3v) is 5.15. The maximum atomic E-state index is 13.2. The summed E-state index contributed by atoms with van der Waals surface area (Å²) in [6.45, 7) is -0.719. The van der Waals surface area contributed by atoms with Crippen LogP contribution < -0.4 is 10.2 Å². The molecule has 0 unspecified atom stereocenters. The molecule has 0 bridgehead atoms. The topological polar surface area (TPSA) is 190 Å². The number of ether oxygens (including phenoxy) is 2. The monoisotopic (exact) mass is 448 g/mol. The molecule has 0 radical (unpaired) electrons. The summed E-state index contributed by atoms with van der Waals surface area (Å²) in [6, 6.07) is 7.78. The van der Waals surface area contributed by atoms with E-state index >= 15 is 0 Å². The first-order valence-corrected chi connectivity index (χ1v) is 9.51. The van der Waals surface area contributed by atoms with E-state index in [4.69, 9.17) is 13.9 Å². The summed E-state index contributed by atoms with van der Waals surface area (Å²) < 4.78 is 16.5. The highest BCUT2D eigenvalue weighted by molar-refractivity contribution is 5.88. The Balaban J connectivity index is 1.91. The molecule has 7 N–H and O–H groups in total. The molecule has 0 amide bonds. The lowest BCUT2D eigenvalue weighted by Crippen LogP contribution is -2.60. The fraction of sp³-hybridized carbons (Fsp3) is 0.286. The van der Waals surface area contributed by atoms with Crippen molar-refractivity contribution in [2.75, 3.05) is 6.61 Å². The predicted octanol–water partition coefficient (Wildman–Crippen LogP) is -0.244. The Morgan fingerprint density at radius 1 is 0.938 bits per heavy atom. The Bertz CT molecular complexity index is 1200. The van der Waals surface area contributed by atoms with Crippen molar-refractivity contribution in [1.82, 2.24) is 0 Å². The van der Waals surface area contributed by atoms with Crippen molar-refractivity contribution in [3.63, 3.8) is 0 Å². The summed E-state index contributed by atoms with van der Waals surface area (Å²) in [5, 5.41) is 69.5. The van der Waals surface area contributed by atoms with Gasteiger partial charge < -0.3 is 49.6 Å². The second-order valence-corrected chi connectivity index (χ2v) is 7.26. The summed E-state index contributed by atoms with van der Waals surface area (Å²) >= 11 is 0. The molecule has 11 heteroatoms.